The van der Waals surface area contributed by atoms with Crippen LogP contribution in [0.3, 0.4) is 0 Å². The third-order valence-corrected chi connectivity index (χ3v) is 12.2. The van der Waals surface area contributed by atoms with Crippen LogP contribution in [0.25, 0.3) is 10.4 Å². The Morgan fingerprint density at radius 3 is 2.28 bits per heavy atom. The number of ether oxygens (including phenoxy) is 2. The van der Waals surface area contributed by atoms with Gasteiger partial charge in [-0.3, -0.25) is 0 Å². The number of hydrogen-bond acceptors (Lipinski definition) is 7. The second-order valence-corrected chi connectivity index (χ2v) is 18.4. The van der Waals surface area contributed by atoms with Crippen LogP contribution < -0.4 is 9.64 Å². The molecule has 3 aliphatic rings. The van der Waals surface area contributed by atoms with Crippen molar-refractivity contribution < 1.29 is 9.47 Å². The molecule has 2 heterocycles. The number of para-hydroxylation sites is 1. The quantitative estimate of drug-likeness (QED) is 0.0618. The van der Waals surface area contributed by atoms with Crippen LogP contribution in [0.2, 0.25) is 0 Å². The minimum absolute atomic E-state index is 0.00779. The summed E-state index contributed by atoms with van der Waals surface area (Å²) in [5, 5.41) is 33.3. The molecule has 0 saturated carbocycles. The van der Waals surface area contributed by atoms with E-state index in [1.54, 1.807) is 0 Å². The molecule has 0 aromatic heterocycles. The first-order chi connectivity index (χ1) is 28.6. The summed E-state index contributed by atoms with van der Waals surface area (Å²) in [6.07, 6.45) is 11.4. The highest BCUT2D eigenvalue weighted by Crippen LogP contribution is 2.50. The van der Waals surface area contributed by atoms with Crippen molar-refractivity contribution in [1.82, 2.24) is 0 Å². The first-order valence-corrected chi connectivity index (χ1v) is 21.0. The number of anilines is 1. The fourth-order valence-electron chi connectivity index (χ4n) is 8.20. The van der Waals surface area contributed by atoms with Gasteiger partial charge in [0.2, 0.25) is 0 Å². The molecule has 3 aromatic rings. The van der Waals surface area contributed by atoms with Gasteiger partial charge in [0, 0.05) is 44.8 Å². The Morgan fingerprint density at radius 1 is 0.950 bits per heavy atom. The lowest BCUT2D eigenvalue weighted by atomic mass is 9.70. The lowest BCUT2D eigenvalue weighted by Gasteiger charge is -2.36. The smallest absolute Gasteiger partial charge is 0.172 e. The predicted molar refractivity (Wildman–Crippen MR) is 240 cm³/mol. The van der Waals surface area contributed by atoms with Crippen LogP contribution in [0.5, 0.6) is 5.75 Å². The molecule has 60 heavy (non-hydrogen) atoms. The standard InChI is InChI=1S/C50H50BrN7O2/c1-48(2,3)38-27-35(18-24-42-41(31-54)47(37(29-52)30-53)60-50(42,6)7)46(59-40-22-16-33(17-23-40)11-10-26-56-57-55)36(28-38)19-25-45-49(4,5)43-12-8-9-13-44(43)58(45)32-34-14-20-39(51)21-15-34/h8-9,12-25,38H,10-11,26-28,32H2,1-7H3/b24-18+,36-19+,45-25+. The number of azide groups is 1. The molecule has 0 saturated heterocycles. The molecule has 0 bridgehead atoms. The zero-order valence-corrected chi connectivity index (χ0v) is 37.0. The summed E-state index contributed by atoms with van der Waals surface area (Å²) in [6, 6.07) is 31.2. The average Bonchev–Trinajstić information content (AvgIpc) is 3.60. The van der Waals surface area contributed by atoms with Gasteiger partial charge in [0.05, 0.1) is 0 Å². The number of rotatable bonds is 11. The summed E-state index contributed by atoms with van der Waals surface area (Å²) in [4.78, 5) is 5.29. The molecule has 2 aliphatic heterocycles. The molecule has 304 valence electrons. The van der Waals surface area contributed by atoms with Gasteiger partial charge in [-0.1, -0.05) is 116 Å². The molecular weight excluding hydrogens is 811 g/mol. The summed E-state index contributed by atoms with van der Waals surface area (Å²) in [5.41, 5.74) is 15.9. The molecular formula is C50H50BrN7O2. The van der Waals surface area contributed by atoms with Crippen LogP contribution in [0, 0.1) is 45.3 Å². The number of nitriles is 3. The van der Waals surface area contributed by atoms with E-state index in [1.165, 1.54) is 22.5 Å². The third-order valence-electron chi connectivity index (χ3n) is 11.7. The minimum atomic E-state index is -0.964. The monoisotopic (exact) mass is 859 g/mol. The summed E-state index contributed by atoms with van der Waals surface area (Å²) in [7, 11) is 0. The van der Waals surface area contributed by atoms with E-state index in [1.807, 2.05) is 62.4 Å². The Balaban J connectivity index is 1.52. The van der Waals surface area contributed by atoms with Crippen LogP contribution in [0.15, 0.2) is 152 Å². The maximum Gasteiger partial charge on any atom is 0.172 e. The topological polar surface area (TPSA) is 142 Å². The molecule has 0 amide bonds. The van der Waals surface area contributed by atoms with Gasteiger partial charge in [-0.2, -0.15) is 15.8 Å². The minimum Gasteiger partial charge on any atom is -0.480 e. The molecule has 9 nitrogen and oxygen atoms in total. The zero-order chi connectivity index (χ0) is 43.2. The zero-order valence-electron chi connectivity index (χ0n) is 35.4. The molecule has 3 aromatic carbocycles. The normalized spacial score (nSPS) is 19.4. The van der Waals surface area contributed by atoms with E-state index in [0.29, 0.717) is 30.8 Å². The number of nitrogens with zero attached hydrogens (tertiary/aromatic N) is 7. The van der Waals surface area contributed by atoms with Crippen molar-refractivity contribution in [3.05, 3.63) is 174 Å². The molecule has 0 N–H and O–H groups in total. The van der Waals surface area contributed by atoms with Crippen LogP contribution in [0.4, 0.5) is 5.69 Å². The van der Waals surface area contributed by atoms with Crippen molar-refractivity contribution in [2.45, 2.75) is 91.7 Å². The fraction of sp³-hybridized carbons (Fsp3) is 0.340. The molecule has 1 atom stereocenters. The van der Waals surface area contributed by atoms with Gasteiger partial charge in [-0.05, 0) is 121 Å². The van der Waals surface area contributed by atoms with Crippen molar-refractivity contribution in [2.75, 3.05) is 11.4 Å². The van der Waals surface area contributed by atoms with Gasteiger partial charge >= 0.3 is 0 Å². The van der Waals surface area contributed by atoms with Gasteiger partial charge in [-0.15, -0.1) is 0 Å². The van der Waals surface area contributed by atoms with E-state index in [9.17, 15) is 15.8 Å². The Morgan fingerprint density at radius 2 is 1.63 bits per heavy atom. The maximum atomic E-state index is 10.3. The van der Waals surface area contributed by atoms with E-state index < -0.39 is 5.60 Å². The lowest BCUT2D eigenvalue weighted by molar-refractivity contribution is 0.0954. The highest BCUT2D eigenvalue weighted by Gasteiger charge is 2.41. The number of aryl methyl sites for hydroxylation is 1. The summed E-state index contributed by atoms with van der Waals surface area (Å²) in [6.45, 7) is 16.2. The summed E-state index contributed by atoms with van der Waals surface area (Å²) < 4.78 is 14.1. The molecule has 1 aliphatic carbocycles. The van der Waals surface area contributed by atoms with Crippen LogP contribution in [-0.2, 0) is 23.1 Å². The Bertz CT molecular complexity index is 2500. The van der Waals surface area contributed by atoms with Crippen molar-refractivity contribution in [3.63, 3.8) is 0 Å². The van der Waals surface area contributed by atoms with Crippen LogP contribution in [0.1, 0.15) is 84.4 Å². The second-order valence-electron chi connectivity index (χ2n) is 17.5. The van der Waals surface area contributed by atoms with Crippen LogP contribution in [-0.4, -0.2) is 12.1 Å². The molecule has 10 heteroatoms. The number of allylic oxidation sites excluding steroid dienone is 8. The third kappa shape index (κ3) is 9.30. The largest absolute Gasteiger partial charge is 0.480 e. The number of halogens is 1. The van der Waals surface area contributed by atoms with Crippen LogP contribution >= 0.6 is 15.9 Å². The first-order valence-electron chi connectivity index (χ1n) is 20.2. The maximum absolute atomic E-state index is 10.3. The predicted octanol–water partition coefficient (Wildman–Crippen LogP) is 13.1. The Hall–Kier alpha value is -6.24. The van der Waals surface area contributed by atoms with Gasteiger partial charge in [-0.25, -0.2) is 0 Å². The van der Waals surface area contributed by atoms with Gasteiger partial charge in [0.25, 0.3) is 0 Å². The van der Waals surface area contributed by atoms with Gasteiger partial charge in [0.15, 0.2) is 11.3 Å². The van der Waals surface area contributed by atoms with E-state index in [4.69, 9.17) is 15.0 Å². The number of benzene rings is 3. The second kappa shape index (κ2) is 17.9. The lowest BCUT2D eigenvalue weighted by Crippen LogP contribution is -2.27. The van der Waals surface area contributed by atoms with Crippen molar-refractivity contribution in [1.29, 1.82) is 15.8 Å². The van der Waals surface area contributed by atoms with Crippen molar-refractivity contribution >= 4 is 21.6 Å². The molecule has 6 rings (SSSR count). The Labute approximate surface area is 362 Å². The summed E-state index contributed by atoms with van der Waals surface area (Å²) >= 11 is 3.59. The summed E-state index contributed by atoms with van der Waals surface area (Å²) in [5.74, 6) is 1.69. The Kier molecular flexibility index (Phi) is 13.0. The van der Waals surface area contributed by atoms with E-state index in [2.05, 4.69) is 132 Å². The fourth-order valence-corrected chi connectivity index (χ4v) is 8.46. The number of hydrogen-bond donors (Lipinski definition) is 0. The van der Waals surface area contributed by atoms with E-state index >= 15 is 0 Å². The number of fused-ring (bicyclic) bond motifs is 1. The molecule has 1 unspecified atom stereocenters. The molecule has 0 radical (unpaired) electrons. The SMILES string of the molecule is CC1(C)OC(=C(C#N)C#N)C(C#N)=C1/C=C/C1=C(Oc2ccc(CCCN=[N+]=[N-])cc2)C(=C/C=C2/N(Cc3ccc(Br)cc3)c3ccccc3C2(C)C)/CC(C(C)(C)C)C1. The molecule has 0 fully saturated rings. The van der Waals surface area contributed by atoms with E-state index in [0.717, 1.165) is 46.2 Å². The average molecular weight is 861 g/mol. The highest BCUT2D eigenvalue weighted by molar-refractivity contribution is 9.10. The first kappa shape index (κ1) is 43.3. The van der Waals surface area contributed by atoms with Crippen molar-refractivity contribution in [2.24, 2.45) is 16.4 Å². The highest BCUT2D eigenvalue weighted by atomic mass is 79.9. The van der Waals surface area contributed by atoms with E-state index in [-0.39, 0.29) is 33.7 Å². The molecule has 0 spiro atoms. The van der Waals surface area contributed by atoms with Gasteiger partial charge < -0.3 is 14.4 Å². The van der Waals surface area contributed by atoms with Gasteiger partial charge in [0.1, 0.15) is 40.9 Å². The van der Waals surface area contributed by atoms with Crippen molar-refractivity contribution in [3.8, 4) is 24.0 Å².